The molecule has 0 bridgehead atoms. The maximum Gasteiger partial charge on any atom is 0.253 e. The molecule has 1 N–H and O–H groups in total. The average Bonchev–Trinajstić information content (AvgIpc) is 2.75. The van der Waals surface area contributed by atoms with Gasteiger partial charge in [-0.05, 0) is 30.3 Å². The minimum atomic E-state index is 0.121. The van der Waals surface area contributed by atoms with E-state index in [0.717, 1.165) is 75.3 Å². The molecule has 0 radical (unpaired) electrons. The Labute approximate surface area is 171 Å². The Morgan fingerprint density at radius 1 is 1.00 bits per heavy atom. The number of halogens is 1. The van der Waals surface area contributed by atoms with Crippen molar-refractivity contribution in [2.45, 2.75) is 6.54 Å². The van der Waals surface area contributed by atoms with Gasteiger partial charge in [0.2, 0.25) is 0 Å². The lowest BCUT2D eigenvalue weighted by Crippen LogP contribution is -3.12. The van der Waals surface area contributed by atoms with E-state index >= 15 is 0 Å². The molecular formula is C22H27ClN3O2+. The van der Waals surface area contributed by atoms with E-state index in [4.69, 9.17) is 16.3 Å². The SMILES string of the molecule is O=C(c1ccc(C[NH+]2CCOCC2)cc1)N1CCN(c2cccc(Cl)c2)CC1. The summed E-state index contributed by atoms with van der Waals surface area (Å²) in [5, 5.41) is 0.745. The number of rotatable bonds is 4. The van der Waals surface area contributed by atoms with Gasteiger partial charge in [0.05, 0.1) is 13.2 Å². The van der Waals surface area contributed by atoms with Gasteiger partial charge >= 0.3 is 0 Å². The smallest absolute Gasteiger partial charge is 0.253 e. The number of hydrogen-bond acceptors (Lipinski definition) is 3. The number of nitrogens with zero attached hydrogens (tertiary/aromatic N) is 2. The van der Waals surface area contributed by atoms with E-state index in [1.54, 1.807) is 4.90 Å². The number of morpholine rings is 1. The number of nitrogens with one attached hydrogen (secondary N) is 1. The second kappa shape index (κ2) is 8.95. The number of benzene rings is 2. The van der Waals surface area contributed by atoms with Gasteiger partial charge in [-0.2, -0.15) is 0 Å². The molecule has 2 fully saturated rings. The Balaban J connectivity index is 1.32. The molecule has 0 saturated carbocycles. The fourth-order valence-electron chi connectivity index (χ4n) is 3.91. The van der Waals surface area contributed by atoms with E-state index in [1.165, 1.54) is 5.56 Å². The molecule has 2 aromatic carbocycles. The number of carbonyl (C=O) groups excluding carboxylic acids is 1. The highest BCUT2D eigenvalue weighted by molar-refractivity contribution is 6.30. The van der Waals surface area contributed by atoms with Crippen molar-refractivity contribution in [3.05, 3.63) is 64.7 Å². The normalized spacial score (nSPS) is 18.3. The summed E-state index contributed by atoms with van der Waals surface area (Å²) in [5.74, 6) is 0.121. The fourth-order valence-corrected chi connectivity index (χ4v) is 4.10. The van der Waals surface area contributed by atoms with Crippen LogP contribution >= 0.6 is 11.6 Å². The Hall–Kier alpha value is -2.08. The van der Waals surface area contributed by atoms with Crippen molar-refractivity contribution in [2.24, 2.45) is 0 Å². The van der Waals surface area contributed by atoms with Gasteiger partial charge < -0.3 is 19.4 Å². The standard InChI is InChI=1S/C22H26ClN3O2/c23-20-2-1-3-21(16-20)25-8-10-26(11-9-25)22(27)19-6-4-18(5-7-19)17-24-12-14-28-15-13-24/h1-7,16H,8-15,17H2/p+1. The lowest BCUT2D eigenvalue weighted by atomic mass is 10.1. The predicted molar refractivity (Wildman–Crippen MR) is 111 cm³/mol. The highest BCUT2D eigenvalue weighted by atomic mass is 35.5. The van der Waals surface area contributed by atoms with Crippen molar-refractivity contribution < 1.29 is 14.4 Å². The van der Waals surface area contributed by atoms with Crippen LogP contribution in [0.4, 0.5) is 5.69 Å². The number of carbonyl (C=O) groups is 1. The van der Waals surface area contributed by atoms with Crippen molar-refractivity contribution >= 4 is 23.2 Å². The van der Waals surface area contributed by atoms with E-state index in [9.17, 15) is 4.79 Å². The van der Waals surface area contributed by atoms with Crippen molar-refractivity contribution in [3.63, 3.8) is 0 Å². The van der Waals surface area contributed by atoms with Crippen LogP contribution in [0, 0.1) is 0 Å². The first kappa shape index (κ1) is 19.2. The van der Waals surface area contributed by atoms with Crippen LogP contribution < -0.4 is 9.80 Å². The van der Waals surface area contributed by atoms with Gasteiger partial charge in [0.15, 0.2) is 0 Å². The lowest BCUT2D eigenvalue weighted by Gasteiger charge is -2.36. The maximum atomic E-state index is 12.9. The summed E-state index contributed by atoms with van der Waals surface area (Å²) in [4.78, 5) is 18.6. The Kier molecular flexibility index (Phi) is 6.15. The summed E-state index contributed by atoms with van der Waals surface area (Å²) in [5.41, 5.74) is 3.17. The van der Waals surface area contributed by atoms with Crippen LogP contribution in [0.2, 0.25) is 5.02 Å². The van der Waals surface area contributed by atoms with Gasteiger partial charge in [-0.1, -0.05) is 29.8 Å². The molecule has 2 aliphatic rings. The van der Waals surface area contributed by atoms with Crippen LogP contribution in [0.25, 0.3) is 0 Å². The molecule has 148 valence electrons. The third-order valence-corrected chi connectivity index (χ3v) is 5.83. The van der Waals surface area contributed by atoms with Gasteiger partial charge in [0, 0.05) is 48.0 Å². The van der Waals surface area contributed by atoms with Gasteiger partial charge in [-0.25, -0.2) is 0 Å². The first-order chi connectivity index (χ1) is 13.7. The molecular weight excluding hydrogens is 374 g/mol. The number of hydrogen-bond donors (Lipinski definition) is 1. The van der Waals surface area contributed by atoms with E-state index in [1.807, 2.05) is 35.2 Å². The fraction of sp³-hybridized carbons (Fsp3) is 0.409. The lowest BCUT2D eigenvalue weighted by molar-refractivity contribution is -0.921. The largest absolute Gasteiger partial charge is 0.370 e. The summed E-state index contributed by atoms with van der Waals surface area (Å²) in [6.45, 7) is 7.89. The topological polar surface area (TPSA) is 37.2 Å². The van der Waals surface area contributed by atoms with Crippen LogP contribution in [0.5, 0.6) is 0 Å². The minimum absolute atomic E-state index is 0.121. The second-order valence-corrected chi connectivity index (χ2v) is 7.93. The molecule has 0 atom stereocenters. The molecule has 1 amide bonds. The summed E-state index contributed by atoms with van der Waals surface area (Å²) in [6, 6.07) is 16.0. The van der Waals surface area contributed by atoms with Gasteiger partial charge in [0.1, 0.15) is 19.6 Å². The molecule has 5 nitrogen and oxygen atoms in total. The number of quaternary nitrogens is 1. The molecule has 2 heterocycles. The van der Waals surface area contributed by atoms with Gasteiger partial charge in [-0.15, -0.1) is 0 Å². The zero-order valence-electron chi connectivity index (χ0n) is 16.1. The first-order valence-electron chi connectivity index (χ1n) is 9.99. The predicted octanol–water partition coefficient (Wildman–Crippen LogP) is 1.72. The van der Waals surface area contributed by atoms with E-state index < -0.39 is 0 Å². The molecule has 0 spiro atoms. The second-order valence-electron chi connectivity index (χ2n) is 7.50. The first-order valence-corrected chi connectivity index (χ1v) is 10.4. The van der Waals surface area contributed by atoms with E-state index in [0.29, 0.717) is 0 Å². The highest BCUT2D eigenvalue weighted by Gasteiger charge is 2.22. The Bertz CT molecular complexity index is 798. The van der Waals surface area contributed by atoms with E-state index in [2.05, 4.69) is 23.1 Å². The van der Waals surface area contributed by atoms with Crippen LogP contribution in [0.3, 0.4) is 0 Å². The Morgan fingerprint density at radius 2 is 1.71 bits per heavy atom. The molecule has 0 unspecified atom stereocenters. The van der Waals surface area contributed by atoms with Crippen molar-refractivity contribution in [3.8, 4) is 0 Å². The molecule has 4 rings (SSSR count). The quantitative estimate of drug-likeness (QED) is 0.849. The highest BCUT2D eigenvalue weighted by Crippen LogP contribution is 2.21. The van der Waals surface area contributed by atoms with Crippen LogP contribution in [-0.4, -0.2) is 63.3 Å². The third kappa shape index (κ3) is 4.66. The molecule has 2 aromatic rings. The molecule has 2 aliphatic heterocycles. The summed E-state index contributed by atoms with van der Waals surface area (Å²) in [7, 11) is 0. The van der Waals surface area contributed by atoms with Crippen molar-refractivity contribution in [1.82, 2.24) is 4.90 Å². The molecule has 0 aliphatic carbocycles. The van der Waals surface area contributed by atoms with Crippen LogP contribution in [-0.2, 0) is 11.3 Å². The summed E-state index contributed by atoms with van der Waals surface area (Å²) < 4.78 is 5.42. The number of amides is 1. The Morgan fingerprint density at radius 3 is 2.39 bits per heavy atom. The van der Waals surface area contributed by atoms with Gasteiger partial charge in [0.25, 0.3) is 5.91 Å². The monoisotopic (exact) mass is 400 g/mol. The molecule has 0 aromatic heterocycles. The number of piperazine rings is 1. The van der Waals surface area contributed by atoms with Crippen LogP contribution in [0.15, 0.2) is 48.5 Å². The zero-order valence-corrected chi connectivity index (χ0v) is 16.8. The molecule has 28 heavy (non-hydrogen) atoms. The summed E-state index contributed by atoms with van der Waals surface area (Å²) >= 11 is 6.10. The molecule has 2 saturated heterocycles. The van der Waals surface area contributed by atoms with E-state index in [-0.39, 0.29) is 5.91 Å². The molecule has 6 heteroatoms. The minimum Gasteiger partial charge on any atom is -0.370 e. The third-order valence-electron chi connectivity index (χ3n) is 5.60. The maximum absolute atomic E-state index is 12.9. The van der Waals surface area contributed by atoms with Crippen molar-refractivity contribution in [1.29, 1.82) is 0 Å². The zero-order chi connectivity index (χ0) is 19.3. The average molecular weight is 401 g/mol. The van der Waals surface area contributed by atoms with Crippen LogP contribution in [0.1, 0.15) is 15.9 Å². The number of ether oxygens (including phenoxy) is 1. The van der Waals surface area contributed by atoms with Gasteiger partial charge in [-0.3, -0.25) is 4.79 Å². The summed E-state index contributed by atoms with van der Waals surface area (Å²) in [6.07, 6.45) is 0. The number of anilines is 1. The van der Waals surface area contributed by atoms with Crippen molar-refractivity contribution in [2.75, 3.05) is 57.4 Å².